The van der Waals surface area contributed by atoms with Crippen molar-refractivity contribution in [1.29, 1.82) is 0 Å². The molecule has 1 heterocycles. The molecule has 0 N–H and O–H groups in total. The first-order valence-electron chi connectivity index (χ1n) is 1.85. The topological polar surface area (TPSA) is 12.9 Å². The summed E-state index contributed by atoms with van der Waals surface area (Å²) < 4.78 is 0. The van der Waals surface area contributed by atoms with Crippen molar-refractivity contribution in [3.05, 3.63) is 30.6 Å². The molecule has 0 fully saturated rings. The number of pyridine rings is 1. The van der Waals surface area contributed by atoms with Gasteiger partial charge in [0.05, 0.1) is 0 Å². The number of hydrogen-bond acceptors (Lipinski definition) is 1. The average molecular weight is 205 g/mol. The Morgan fingerprint density at radius 2 is 1.10 bits per heavy atom. The molecule has 1 aromatic rings. The summed E-state index contributed by atoms with van der Waals surface area (Å²) in [6.45, 7) is 0. The SMILES string of the molecule is Cl.Cl.[MgH2].[MgH2].c1ccncc1. The van der Waals surface area contributed by atoms with Crippen LogP contribution < -0.4 is 0 Å². The first-order valence-corrected chi connectivity index (χ1v) is 1.85. The van der Waals surface area contributed by atoms with Crippen molar-refractivity contribution < 1.29 is 0 Å². The predicted molar refractivity (Wildman–Crippen MR) is 55.8 cm³/mol. The Hall–Kier alpha value is 1.26. The van der Waals surface area contributed by atoms with Crippen molar-refractivity contribution in [1.82, 2.24) is 4.98 Å². The van der Waals surface area contributed by atoms with Crippen LogP contribution in [-0.4, -0.2) is 51.1 Å². The second-order valence-electron chi connectivity index (χ2n) is 1.02. The molecule has 0 aliphatic carbocycles. The molecule has 1 rings (SSSR count). The molecule has 0 aliphatic rings. The van der Waals surface area contributed by atoms with Gasteiger partial charge in [0.15, 0.2) is 0 Å². The Kier molecular flexibility index (Phi) is 37.5. The van der Waals surface area contributed by atoms with Crippen molar-refractivity contribution in [2.45, 2.75) is 0 Å². The summed E-state index contributed by atoms with van der Waals surface area (Å²) in [6.07, 6.45) is 3.50. The van der Waals surface area contributed by atoms with Gasteiger partial charge in [0, 0.05) is 12.4 Å². The van der Waals surface area contributed by atoms with E-state index >= 15 is 0 Å². The van der Waals surface area contributed by atoms with Gasteiger partial charge in [-0.2, -0.15) is 0 Å². The van der Waals surface area contributed by atoms with Crippen molar-refractivity contribution >= 4 is 70.9 Å². The lowest BCUT2D eigenvalue weighted by atomic mass is 10.5. The fourth-order valence-corrected chi connectivity index (χ4v) is 0.313. The quantitative estimate of drug-likeness (QED) is 0.546. The van der Waals surface area contributed by atoms with Crippen LogP contribution in [0.1, 0.15) is 0 Å². The van der Waals surface area contributed by atoms with Gasteiger partial charge in [-0.15, -0.1) is 24.8 Å². The Morgan fingerprint density at radius 3 is 1.20 bits per heavy atom. The third-order valence-corrected chi connectivity index (χ3v) is 0.566. The van der Waals surface area contributed by atoms with E-state index in [0.717, 1.165) is 0 Å². The van der Waals surface area contributed by atoms with Crippen molar-refractivity contribution in [2.75, 3.05) is 0 Å². The molecule has 0 saturated carbocycles. The van der Waals surface area contributed by atoms with E-state index in [1.54, 1.807) is 12.4 Å². The van der Waals surface area contributed by atoms with E-state index in [2.05, 4.69) is 4.98 Å². The molecular formula is C5H11Cl2Mg2N. The lowest BCUT2D eigenvalue weighted by Gasteiger charge is -1.70. The molecule has 0 aliphatic heterocycles. The minimum absolute atomic E-state index is 0. The van der Waals surface area contributed by atoms with Crippen LogP contribution in [0.4, 0.5) is 0 Å². The Balaban J connectivity index is -0.0000000450. The van der Waals surface area contributed by atoms with Crippen LogP contribution in [0, 0.1) is 0 Å². The maximum atomic E-state index is 3.78. The summed E-state index contributed by atoms with van der Waals surface area (Å²) in [5.41, 5.74) is 0. The lowest BCUT2D eigenvalue weighted by Crippen LogP contribution is -1.58. The van der Waals surface area contributed by atoms with Crippen LogP contribution >= 0.6 is 24.8 Å². The van der Waals surface area contributed by atoms with Gasteiger partial charge in [-0.3, -0.25) is 4.98 Å². The normalized spacial score (nSPS) is 4.80. The molecule has 1 nitrogen and oxygen atoms in total. The summed E-state index contributed by atoms with van der Waals surface area (Å²) in [4.78, 5) is 3.78. The van der Waals surface area contributed by atoms with Gasteiger partial charge in [0.2, 0.25) is 0 Å². The van der Waals surface area contributed by atoms with E-state index < -0.39 is 0 Å². The van der Waals surface area contributed by atoms with E-state index in [1.807, 2.05) is 18.2 Å². The third kappa shape index (κ3) is 12.0. The van der Waals surface area contributed by atoms with Crippen LogP contribution in [0.25, 0.3) is 0 Å². The number of nitrogens with zero attached hydrogens (tertiary/aromatic N) is 1. The minimum atomic E-state index is 0. The largest absolute Gasteiger partial charge is 0.316 e. The maximum absolute atomic E-state index is 3.78. The highest BCUT2D eigenvalue weighted by Gasteiger charge is 1.58. The molecule has 0 atom stereocenters. The van der Waals surface area contributed by atoms with E-state index in [0.29, 0.717) is 0 Å². The van der Waals surface area contributed by atoms with E-state index in [-0.39, 0.29) is 70.9 Å². The molecule has 1 aromatic heterocycles. The molecule has 0 aromatic carbocycles. The molecule has 0 saturated heterocycles. The molecule has 0 spiro atoms. The van der Waals surface area contributed by atoms with Crippen LogP contribution in [0.5, 0.6) is 0 Å². The zero-order valence-electron chi connectivity index (χ0n) is 4.15. The Bertz CT molecular complexity index is 89.6. The molecule has 0 amide bonds. The van der Waals surface area contributed by atoms with Gasteiger partial charge in [-0.05, 0) is 12.1 Å². The summed E-state index contributed by atoms with van der Waals surface area (Å²) >= 11 is 0. The summed E-state index contributed by atoms with van der Waals surface area (Å²) in [5, 5.41) is 0. The van der Waals surface area contributed by atoms with Crippen molar-refractivity contribution in [2.24, 2.45) is 0 Å². The summed E-state index contributed by atoms with van der Waals surface area (Å²) in [7, 11) is 0. The molecule has 10 heavy (non-hydrogen) atoms. The zero-order chi connectivity index (χ0) is 4.24. The van der Waals surface area contributed by atoms with Gasteiger partial charge >= 0.3 is 46.1 Å². The average Bonchev–Trinajstić information content (AvgIpc) is 1.72. The molecule has 5 heteroatoms. The lowest BCUT2D eigenvalue weighted by molar-refractivity contribution is 1.33. The standard InChI is InChI=1S/C5H5N.2ClH.2Mg.4H/c1-2-4-6-5-3-1;;;;;;;;/h1-5H;2*1H;;;;;;. The Morgan fingerprint density at radius 1 is 0.700 bits per heavy atom. The number of halogens is 2. The van der Waals surface area contributed by atoms with Gasteiger partial charge in [-0.25, -0.2) is 0 Å². The second-order valence-corrected chi connectivity index (χ2v) is 1.02. The number of aromatic nitrogens is 1. The van der Waals surface area contributed by atoms with E-state index in [4.69, 9.17) is 0 Å². The van der Waals surface area contributed by atoms with Gasteiger partial charge in [0.1, 0.15) is 0 Å². The molecule has 54 valence electrons. The van der Waals surface area contributed by atoms with Gasteiger partial charge < -0.3 is 0 Å². The molecule has 0 bridgehead atoms. The first-order chi connectivity index (χ1) is 3.00. The van der Waals surface area contributed by atoms with Gasteiger partial charge in [-0.1, -0.05) is 6.07 Å². The van der Waals surface area contributed by atoms with Gasteiger partial charge in [0.25, 0.3) is 0 Å². The summed E-state index contributed by atoms with van der Waals surface area (Å²) in [6, 6.07) is 5.72. The zero-order valence-corrected chi connectivity index (χ0v) is 5.78. The van der Waals surface area contributed by atoms with E-state index in [9.17, 15) is 0 Å². The fourth-order valence-electron chi connectivity index (χ4n) is 0.313. The molecule has 0 radical (unpaired) electrons. The summed E-state index contributed by atoms with van der Waals surface area (Å²) in [5.74, 6) is 0. The number of rotatable bonds is 0. The van der Waals surface area contributed by atoms with Crippen LogP contribution in [0.2, 0.25) is 0 Å². The minimum Gasteiger partial charge on any atom is -0.265 e. The van der Waals surface area contributed by atoms with Crippen LogP contribution in [0.3, 0.4) is 0 Å². The predicted octanol–water partition coefficient (Wildman–Crippen LogP) is 0.0928. The highest BCUT2D eigenvalue weighted by Crippen LogP contribution is 1.73. The van der Waals surface area contributed by atoms with Crippen LogP contribution in [-0.2, 0) is 0 Å². The maximum Gasteiger partial charge on any atom is 0.316 e. The second kappa shape index (κ2) is 16.7. The van der Waals surface area contributed by atoms with Crippen LogP contribution in [0.15, 0.2) is 30.6 Å². The molecular weight excluding hydrogens is 194 g/mol. The highest BCUT2D eigenvalue weighted by molar-refractivity contribution is 5.85. The smallest absolute Gasteiger partial charge is 0.265 e. The highest BCUT2D eigenvalue weighted by atomic mass is 35.5. The number of hydrogen-bond donors (Lipinski definition) is 0. The monoisotopic (exact) mass is 203 g/mol. The van der Waals surface area contributed by atoms with Crippen molar-refractivity contribution in [3.8, 4) is 0 Å². The Labute approximate surface area is 105 Å². The molecule has 0 unspecified atom stereocenters. The first kappa shape index (κ1) is 22.5. The van der Waals surface area contributed by atoms with E-state index in [1.165, 1.54) is 0 Å². The fraction of sp³-hybridized carbons (Fsp3) is 0. The third-order valence-electron chi connectivity index (χ3n) is 0.566. The van der Waals surface area contributed by atoms with Crippen molar-refractivity contribution in [3.63, 3.8) is 0 Å².